The van der Waals surface area contributed by atoms with Gasteiger partial charge in [-0.05, 0) is 79.8 Å². The molecule has 3 aromatic rings. The van der Waals surface area contributed by atoms with Crippen molar-refractivity contribution in [3.05, 3.63) is 61.7 Å². The average molecular weight is 380 g/mol. The van der Waals surface area contributed by atoms with E-state index in [1.165, 1.54) is 11.6 Å². The Kier molecular flexibility index (Phi) is 4.58. The summed E-state index contributed by atoms with van der Waals surface area (Å²) in [7, 11) is 0. The third-order valence-electron chi connectivity index (χ3n) is 6.24. The summed E-state index contributed by atoms with van der Waals surface area (Å²) in [6.45, 7) is 7.80. The van der Waals surface area contributed by atoms with Crippen LogP contribution in [0.3, 0.4) is 0 Å². The van der Waals surface area contributed by atoms with E-state index in [1.807, 2.05) is 19.9 Å². The van der Waals surface area contributed by atoms with E-state index in [4.69, 9.17) is 4.98 Å². The molecule has 0 bridgehead atoms. The van der Waals surface area contributed by atoms with Gasteiger partial charge in [-0.3, -0.25) is 4.79 Å². The number of aromatic amines is 1. The van der Waals surface area contributed by atoms with E-state index < -0.39 is 0 Å². The average Bonchev–Trinajstić information content (AvgIpc) is 2.66. The van der Waals surface area contributed by atoms with Crippen LogP contribution in [0.2, 0.25) is 0 Å². The van der Waals surface area contributed by atoms with Crippen LogP contribution in [0, 0.1) is 26.6 Å². The number of nitrogens with one attached hydrogen (secondary N) is 1. The quantitative estimate of drug-likeness (QED) is 0.714. The molecule has 4 nitrogen and oxygen atoms in total. The van der Waals surface area contributed by atoms with Crippen molar-refractivity contribution in [1.29, 1.82) is 0 Å². The van der Waals surface area contributed by atoms with Gasteiger partial charge in [-0.25, -0.2) is 9.37 Å². The minimum Gasteiger partial charge on any atom is -0.396 e. The van der Waals surface area contributed by atoms with Crippen LogP contribution in [0.25, 0.3) is 22.3 Å². The Balaban J connectivity index is 2.07. The van der Waals surface area contributed by atoms with Crippen LogP contribution in [-0.2, 0) is 12.8 Å². The van der Waals surface area contributed by atoms with Gasteiger partial charge in [-0.1, -0.05) is 6.92 Å². The molecule has 1 aliphatic rings. The lowest BCUT2D eigenvalue weighted by molar-refractivity contribution is 0.299. The van der Waals surface area contributed by atoms with E-state index >= 15 is 0 Å². The monoisotopic (exact) mass is 380 g/mol. The number of aliphatic hydroxyl groups is 1. The zero-order valence-electron chi connectivity index (χ0n) is 16.7. The number of H-pyrrole nitrogens is 1. The van der Waals surface area contributed by atoms with Gasteiger partial charge < -0.3 is 10.1 Å². The Morgan fingerprint density at radius 3 is 2.68 bits per heavy atom. The second kappa shape index (κ2) is 6.82. The summed E-state index contributed by atoms with van der Waals surface area (Å²) in [5, 5.41) is 10.4. The number of hydrogen-bond acceptors (Lipinski definition) is 3. The van der Waals surface area contributed by atoms with Crippen molar-refractivity contribution in [3.63, 3.8) is 0 Å². The van der Waals surface area contributed by atoms with E-state index in [2.05, 4.69) is 11.9 Å². The van der Waals surface area contributed by atoms with Crippen LogP contribution < -0.4 is 5.56 Å². The maximum Gasteiger partial charge on any atom is 0.251 e. The SMILES string of the molecule is Cc1c(F)cc2nc(-c3cc(CCO)c(C)c(=O)[nH]3)c(C)c3c2c1CC[C@@H]3C. The van der Waals surface area contributed by atoms with Crippen molar-refractivity contribution >= 4 is 10.9 Å². The molecule has 0 saturated carbocycles. The molecule has 0 radical (unpaired) electrons. The number of rotatable bonds is 3. The third-order valence-corrected chi connectivity index (χ3v) is 6.24. The molecule has 1 atom stereocenters. The maximum atomic E-state index is 14.5. The molecule has 1 aromatic carbocycles. The molecule has 4 rings (SSSR count). The highest BCUT2D eigenvalue weighted by molar-refractivity contribution is 5.92. The Morgan fingerprint density at radius 2 is 1.96 bits per heavy atom. The van der Waals surface area contributed by atoms with E-state index in [0.29, 0.717) is 40.4 Å². The van der Waals surface area contributed by atoms with Crippen molar-refractivity contribution in [2.75, 3.05) is 6.61 Å². The number of halogens is 1. The first-order valence-corrected chi connectivity index (χ1v) is 9.79. The number of benzene rings is 1. The summed E-state index contributed by atoms with van der Waals surface area (Å²) < 4.78 is 14.5. The zero-order chi connectivity index (χ0) is 20.2. The van der Waals surface area contributed by atoms with E-state index in [-0.39, 0.29) is 18.0 Å². The van der Waals surface area contributed by atoms with Crippen LogP contribution in [-0.4, -0.2) is 21.7 Å². The summed E-state index contributed by atoms with van der Waals surface area (Å²) in [4.78, 5) is 20.2. The molecule has 1 aliphatic carbocycles. The number of aliphatic hydroxyl groups excluding tert-OH is 1. The van der Waals surface area contributed by atoms with Gasteiger partial charge in [0.15, 0.2) is 0 Å². The molecular weight excluding hydrogens is 355 g/mol. The Morgan fingerprint density at radius 1 is 1.21 bits per heavy atom. The largest absolute Gasteiger partial charge is 0.396 e. The lowest BCUT2D eigenvalue weighted by atomic mass is 9.79. The molecule has 2 heterocycles. The van der Waals surface area contributed by atoms with Crippen molar-refractivity contribution in [2.45, 2.75) is 52.9 Å². The Bertz CT molecular complexity index is 1160. The number of pyridine rings is 2. The molecule has 0 amide bonds. The van der Waals surface area contributed by atoms with Gasteiger partial charge in [-0.2, -0.15) is 0 Å². The van der Waals surface area contributed by atoms with Crippen molar-refractivity contribution in [3.8, 4) is 11.4 Å². The normalized spacial score (nSPS) is 16.0. The molecule has 0 aliphatic heterocycles. The fourth-order valence-corrected chi connectivity index (χ4v) is 4.58. The summed E-state index contributed by atoms with van der Waals surface area (Å²) in [6.07, 6.45) is 2.24. The fraction of sp³-hybridized carbons (Fsp3) is 0.391. The van der Waals surface area contributed by atoms with Gasteiger partial charge >= 0.3 is 0 Å². The van der Waals surface area contributed by atoms with E-state index in [0.717, 1.165) is 34.9 Å². The molecule has 0 saturated heterocycles. The summed E-state index contributed by atoms with van der Waals surface area (Å²) in [6, 6.07) is 3.40. The van der Waals surface area contributed by atoms with Gasteiger partial charge in [0.25, 0.3) is 5.56 Å². The van der Waals surface area contributed by atoms with Gasteiger partial charge in [0.1, 0.15) is 5.82 Å². The summed E-state index contributed by atoms with van der Waals surface area (Å²) in [5.41, 5.74) is 7.18. The standard InChI is InChI=1S/C23H25FN2O2/c1-11-5-6-16-13(3)17(24)10-18-21(16)20(11)14(4)22(25-18)19-9-15(7-8-27)12(2)23(28)26-19/h9-11,27H,5-8H2,1-4H3,(H,26,28)/t11-/m0/s1. The first-order valence-electron chi connectivity index (χ1n) is 9.79. The molecule has 0 fully saturated rings. The highest BCUT2D eigenvalue weighted by atomic mass is 19.1. The molecule has 5 heteroatoms. The van der Waals surface area contributed by atoms with Crippen LogP contribution in [0.5, 0.6) is 0 Å². The highest BCUT2D eigenvalue weighted by Gasteiger charge is 2.26. The fourth-order valence-electron chi connectivity index (χ4n) is 4.58. The van der Waals surface area contributed by atoms with Crippen molar-refractivity contribution in [1.82, 2.24) is 9.97 Å². The lowest BCUT2D eigenvalue weighted by Gasteiger charge is -2.27. The topological polar surface area (TPSA) is 66.0 Å². The predicted molar refractivity (Wildman–Crippen MR) is 109 cm³/mol. The molecule has 28 heavy (non-hydrogen) atoms. The predicted octanol–water partition coefficient (Wildman–Crippen LogP) is 4.24. The summed E-state index contributed by atoms with van der Waals surface area (Å²) >= 11 is 0. The smallest absolute Gasteiger partial charge is 0.251 e. The number of nitrogens with zero attached hydrogens (tertiary/aromatic N) is 1. The van der Waals surface area contributed by atoms with Crippen LogP contribution >= 0.6 is 0 Å². The lowest BCUT2D eigenvalue weighted by Crippen LogP contribution is -2.16. The minimum atomic E-state index is -0.233. The van der Waals surface area contributed by atoms with Crippen LogP contribution in [0.4, 0.5) is 4.39 Å². The number of aryl methyl sites for hydroxylation is 1. The molecular formula is C23H25FN2O2. The third kappa shape index (κ3) is 2.76. The van der Waals surface area contributed by atoms with Crippen LogP contribution in [0.1, 0.15) is 52.6 Å². The molecule has 2 N–H and O–H groups in total. The highest BCUT2D eigenvalue weighted by Crippen LogP contribution is 2.42. The van der Waals surface area contributed by atoms with Crippen molar-refractivity contribution < 1.29 is 9.50 Å². The number of hydrogen-bond donors (Lipinski definition) is 2. The Hall–Kier alpha value is -2.53. The molecule has 2 aromatic heterocycles. The zero-order valence-corrected chi connectivity index (χ0v) is 16.7. The minimum absolute atomic E-state index is 0.0238. The first-order chi connectivity index (χ1) is 13.3. The van der Waals surface area contributed by atoms with Gasteiger partial charge in [0.05, 0.1) is 16.9 Å². The van der Waals surface area contributed by atoms with Gasteiger partial charge in [0, 0.05) is 23.6 Å². The molecule has 146 valence electrons. The van der Waals surface area contributed by atoms with Crippen LogP contribution in [0.15, 0.2) is 16.9 Å². The summed E-state index contributed by atoms with van der Waals surface area (Å²) in [5.74, 6) is 0.111. The van der Waals surface area contributed by atoms with E-state index in [1.54, 1.807) is 6.92 Å². The molecule has 0 unspecified atom stereocenters. The number of aromatic nitrogens is 2. The van der Waals surface area contributed by atoms with Gasteiger partial charge in [-0.15, -0.1) is 0 Å². The maximum absolute atomic E-state index is 14.5. The second-order valence-corrected chi connectivity index (χ2v) is 7.93. The first kappa shape index (κ1) is 18.8. The van der Waals surface area contributed by atoms with Crippen molar-refractivity contribution in [2.24, 2.45) is 0 Å². The second-order valence-electron chi connectivity index (χ2n) is 7.93. The van der Waals surface area contributed by atoms with Gasteiger partial charge in [0.2, 0.25) is 0 Å². The van der Waals surface area contributed by atoms with E-state index in [9.17, 15) is 14.3 Å². The Labute approximate surface area is 163 Å². The molecule has 0 spiro atoms.